The van der Waals surface area contributed by atoms with Gasteiger partial charge in [0.05, 0.1) is 30.8 Å². The molecule has 3 amide bonds. The second kappa shape index (κ2) is 14.5. The quantitative estimate of drug-likeness (QED) is 0.0796. The van der Waals surface area contributed by atoms with E-state index in [4.69, 9.17) is 9.15 Å². The number of ether oxygens (including phenoxy) is 1. The Balaban J connectivity index is 1.68. The number of carboxylic acids is 1. The van der Waals surface area contributed by atoms with Gasteiger partial charge >= 0.3 is 5.97 Å². The standard InChI is InChI=1S/C29H33N3O9/c1-3-23(32(39)17-33)20(11-10-18-8-6-5-7-9-18)27(35)30-16-31-28(36)25-13-12-24(41-25)21-14-19(40-4-2)15-22(26(21)34)29(37)38/h5-9,12-15,17,20,23,34,39H,3-4,10-11,16H2,1-2H3,(H,30,35)(H,31,36)(H,37,38). The lowest BCUT2D eigenvalue weighted by atomic mass is 9.90. The molecule has 2 unspecified atom stereocenters. The molecular formula is C29H33N3O9. The van der Waals surface area contributed by atoms with E-state index in [0.29, 0.717) is 24.3 Å². The first-order valence-electron chi connectivity index (χ1n) is 13.1. The highest BCUT2D eigenvalue weighted by molar-refractivity contribution is 5.95. The van der Waals surface area contributed by atoms with Gasteiger partial charge in [-0.3, -0.25) is 19.6 Å². The second-order valence-electron chi connectivity index (χ2n) is 9.08. The normalized spacial score (nSPS) is 12.2. The summed E-state index contributed by atoms with van der Waals surface area (Å²) in [6.07, 6.45) is 1.46. The molecular weight excluding hydrogens is 534 g/mol. The van der Waals surface area contributed by atoms with Crippen molar-refractivity contribution in [3.63, 3.8) is 0 Å². The van der Waals surface area contributed by atoms with E-state index >= 15 is 0 Å². The van der Waals surface area contributed by atoms with E-state index in [-0.39, 0.29) is 48.1 Å². The molecule has 0 radical (unpaired) electrons. The van der Waals surface area contributed by atoms with Crippen LogP contribution >= 0.6 is 0 Å². The van der Waals surface area contributed by atoms with Gasteiger partial charge in [-0.1, -0.05) is 37.3 Å². The maximum Gasteiger partial charge on any atom is 0.339 e. The summed E-state index contributed by atoms with van der Waals surface area (Å²) in [5.41, 5.74) is 0.626. The number of amides is 3. The summed E-state index contributed by atoms with van der Waals surface area (Å²) in [4.78, 5) is 48.5. The Kier molecular flexibility index (Phi) is 10.9. The molecule has 12 nitrogen and oxygen atoms in total. The highest BCUT2D eigenvalue weighted by atomic mass is 16.5. The van der Waals surface area contributed by atoms with Crippen molar-refractivity contribution in [3.8, 4) is 22.8 Å². The van der Waals surface area contributed by atoms with Crippen LogP contribution in [0.15, 0.2) is 59.0 Å². The first kappa shape index (κ1) is 30.7. The van der Waals surface area contributed by atoms with Crippen molar-refractivity contribution in [2.45, 2.75) is 39.2 Å². The zero-order valence-corrected chi connectivity index (χ0v) is 22.7. The zero-order chi connectivity index (χ0) is 29.9. The number of furan rings is 1. The number of rotatable bonds is 15. The number of nitrogens with zero attached hydrogens (tertiary/aromatic N) is 1. The number of nitrogens with one attached hydrogen (secondary N) is 2. The van der Waals surface area contributed by atoms with E-state index in [1.807, 2.05) is 30.3 Å². The minimum atomic E-state index is -1.37. The lowest BCUT2D eigenvalue weighted by Gasteiger charge is -2.29. The van der Waals surface area contributed by atoms with Crippen LogP contribution in [0, 0.1) is 5.92 Å². The average Bonchev–Trinajstić information content (AvgIpc) is 3.46. The number of carbonyl (C=O) groups excluding carboxylic acids is 3. The van der Waals surface area contributed by atoms with Gasteiger partial charge in [-0.2, -0.15) is 0 Å². The van der Waals surface area contributed by atoms with Gasteiger partial charge in [-0.15, -0.1) is 0 Å². The molecule has 218 valence electrons. The first-order valence-corrected chi connectivity index (χ1v) is 13.1. The summed E-state index contributed by atoms with van der Waals surface area (Å²) in [6, 6.07) is 14.0. The fourth-order valence-corrected chi connectivity index (χ4v) is 4.44. The number of hydrogen-bond donors (Lipinski definition) is 5. The Hall–Kier alpha value is -4.84. The molecule has 3 rings (SSSR count). The van der Waals surface area contributed by atoms with Gasteiger partial charge in [0.2, 0.25) is 12.3 Å². The minimum absolute atomic E-state index is 0.0244. The fourth-order valence-electron chi connectivity index (χ4n) is 4.44. The zero-order valence-electron chi connectivity index (χ0n) is 22.7. The number of aromatic carboxylic acids is 1. The van der Waals surface area contributed by atoms with E-state index in [2.05, 4.69) is 10.6 Å². The maximum atomic E-state index is 13.1. The second-order valence-corrected chi connectivity index (χ2v) is 9.08. The van der Waals surface area contributed by atoms with Gasteiger partial charge in [-0.25, -0.2) is 9.86 Å². The topological polar surface area (TPSA) is 179 Å². The highest BCUT2D eigenvalue weighted by Gasteiger charge is 2.31. The van der Waals surface area contributed by atoms with Crippen LogP contribution in [-0.2, 0) is 16.0 Å². The van der Waals surface area contributed by atoms with E-state index in [9.17, 15) is 34.6 Å². The molecule has 0 aliphatic heterocycles. The number of hydrogen-bond acceptors (Lipinski definition) is 8. The van der Waals surface area contributed by atoms with Crippen molar-refractivity contribution in [1.82, 2.24) is 15.7 Å². The van der Waals surface area contributed by atoms with Crippen LogP contribution in [0.3, 0.4) is 0 Å². The molecule has 2 aromatic carbocycles. The van der Waals surface area contributed by atoms with Gasteiger partial charge in [0.15, 0.2) is 5.76 Å². The van der Waals surface area contributed by atoms with Crippen LogP contribution in [0.5, 0.6) is 11.5 Å². The molecule has 1 heterocycles. The predicted octanol–water partition coefficient (Wildman–Crippen LogP) is 3.43. The number of hydroxylamine groups is 2. The molecule has 0 saturated heterocycles. The monoisotopic (exact) mass is 567 g/mol. The van der Waals surface area contributed by atoms with Gasteiger partial charge < -0.3 is 30.0 Å². The summed E-state index contributed by atoms with van der Waals surface area (Å²) in [5.74, 6) is -3.73. The number of aryl methyl sites for hydroxylation is 1. The summed E-state index contributed by atoms with van der Waals surface area (Å²) in [7, 11) is 0. The summed E-state index contributed by atoms with van der Waals surface area (Å²) < 4.78 is 10.9. The lowest BCUT2D eigenvalue weighted by molar-refractivity contribution is -0.168. The van der Waals surface area contributed by atoms with Crippen LogP contribution in [-0.4, -0.2) is 64.0 Å². The van der Waals surface area contributed by atoms with E-state index in [0.717, 1.165) is 5.56 Å². The van der Waals surface area contributed by atoms with E-state index in [1.165, 1.54) is 24.3 Å². The summed E-state index contributed by atoms with van der Waals surface area (Å²) >= 11 is 0. The summed E-state index contributed by atoms with van der Waals surface area (Å²) in [6.45, 7) is 3.46. The van der Waals surface area contributed by atoms with E-state index in [1.54, 1.807) is 13.8 Å². The molecule has 5 N–H and O–H groups in total. The SMILES string of the molecule is CCOc1cc(C(=O)O)c(O)c(-c2ccc(C(=O)NCNC(=O)C(CCc3ccccc3)C(CC)N(O)C=O)o2)c1. The van der Waals surface area contributed by atoms with Crippen LogP contribution in [0.25, 0.3) is 11.3 Å². The van der Waals surface area contributed by atoms with E-state index < -0.39 is 35.5 Å². The minimum Gasteiger partial charge on any atom is -0.506 e. The average molecular weight is 568 g/mol. The molecule has 41 heavy (non-hydrogen) atoms. The molecule has 0 saturated carbocycles. The van der Waals surface area contributed by atoms with Crippen LogP contribution in [0.4, 0.5) is 0 Å². The number of benzene rings is 2. The first-order chi connectivity index (χ1) is 19.7. The third kappa shape index (κ3) is 7.85. The van der Waals surface area contributed by atoms with Gasteiger partial charge in [0, 0.05) is 0 Å². The van der Waals surface area contributed by atoms with Crippen LogP contribution in [0.2, 0.25) is 0 Å². The molecule has 1 aromatic heterocycles. The third-order valence-electron chi connectivity index (χ3n) is 6.49. The molecule has 0 bridgehead atoms. The highest BCUT2D eigenvalue weighted by Crippen LogP contribution is 2.37. The number of carboxylic acid groups (broad SMARTS) is 1. The van der Waals surface area contributed by atoms with Crippen molar-refractivity contribution < 1.29 is 43.8 Å². The van der Waals surface area contributed by atoms with Crippen LogP contribution in [0.1, 0.15) is 53.2 Å². The van der Waals surface area contributed by atoms with Crippen molar-refractivity contribution in [2.24, 2.45) is 5.92 Å². The van der Waals surface area contributed by atoms with Crippen molar-refractivity contribution in [3.05, 3.63) is 71.5 Å². The van der Waals surface area contributed by atoms with Crippen molar-refractivity contribution >= 4 is 24.2 Å². The third-order valence-corrected chi connectivity index (χ3v) is 6.49. The molecule has 0 aliphatic carbocycles. The number of phenols is 1. The Bertz CT molecular complexity index is 1360. The van der Waals surface area contributed by atoms with Crippen molar-refractivity contribution in [1.29, 1.82) is 0 Å². The van der Waals surface area contributed by atoms with Crippen molar-refractivity contribution in [2.75, 3.05) is 13.3 Å². The Morgan fingerprint density at radius 3 is 2.44 bits per heavy atom. The lowest BCUT2D eigenvalue weighted by Crippen LogP contribution is -2.47. The molecule has 0 fully saturated rings. The molecule has 0 aliphatic rings. The van der Waals surface area contributed by atoms with Gasteiger partial charge in [-0.05, 0) is 56.0 Å². The predicted molar refractivity (Wildman–Crippen MR) is 146 cm³/mol. The fraction of sp³-hybridized carbons (Fsp3) is 0.310. The molecule has 12 heteroatoms. The van der Waals surface area contributed by atoms with Gasteiger partial charge in [0.25, 0.3) is 5.91 Å². The Morgan fingerprint density at radius 2 is 1.80 bits per heavy atom. The molecule has 2 atom stereocenters. The summed E-state index contributed by atoms with van der Waals surface area (Å²) in [5, 5.41) is 35.5. The molecule has 3 aromatic rings. The number of carbonyl (C=O) groups is 4. The maximum absolute atomic E-state index is 13.1. The Morgan fingerprint density at radius 1 is 1.07 bits per heavy atom. The number of aromatic hydroxyl groups is 1. The molecule has 0 spiro atoms. The Labute approximate surface area is 236 Å². The van der Waals surface area contributed by atoms with Crippen LogP contribution < -0.4 is 15.4 Å². The van der Waals surface area contributed by atoms with Gasteiger partial charge in [0.1, 0.15) is 22.8 Å². The largest absolute Gasteiger partial charge is 0.506 e. The smallest absolute Gasteiger partial charge is 0.339 e.